The van der Waals surface area contributed by atoms with Crippen LogP contribution in [0.2, 0.25) is 0 Å². The molecule has 0 aliphatic heterocycles. The lowest BCUT2D eigenvalue weighted by atomic mass is 9.85. The first-order chi connectivity index (χ1) is 12.8. The zero-order valence-electron chi connectivity index (χ0n) is 14.6. The summed E-state index contributed by atoms with van der Waals surface area (Å²) >= 11 is 0. The van der Waals surface area contributed by atoms with Crippen molar-refractivity contribution in [2.24, 2.45) is 0 Å². The molecule has 140 valence electrons. The number of ether oxygens (including phenoxy) is 1. The molecule has 1 aliphatic carbocycles. The number of esters is 1. The molecule has 0 aromatic heterocycles. The van der Waals surface area contributed by atoms with Crippen molar-refractivity contribution in [3.63, 3.8) is 0 Å². The number of aryl methyl sites for hydroxylation is 1. The second kappa shape index (κ2) is 7.39. The van der Waals surface area contributed by atoms with Gasteiger partial charge in [0.2, 0.25) is 0 Å². The van der Waals surface area contributed by atoms with Crippen molar-refractivity contribution in [2.45, 2.75) is 25.9 Å². The lowest BCUT2D eigenvalue weighted by Crippen LogP contribution is -2.15. The number of ketones is 1. The quantitative estimate of drug-likeness (QED) is 0.555. The molecule has 3 nitrogen and oxygen atoms in total. The smallest absolute Gasteiger partial charge is 0.416 e. The molecule has 0 N–H and O–H groups in total. The Balaban J connectivity index is 1.89. The van der Waals surface area contributed by atoms with Gasteiger partial charge in [-0.05, 0) is 67.3 Å². The molecule has 0 radical (unpaired) electrons. The van der Waals surface area contributed by atoms with Crippen molar-refractivity contribution in [3.8, 4) is 0 Å². The molecular formula is C21H17F3O3. The zero-order valence-corrected chi connectivity index (χ0v) is 14.6. The third kappa shape index (κ3) is 4.10. The SMILES string of the molecule is CCOC(=O)c1ccc2c(c1)CC/C(=C/c1cccc(C(F)(F)F)c1)C2=O. The van der Waals surface area contributed by atoms with E-state index in [4.69, 9.17) is 4.74 Å². The highest BCUT2D eigenvalue weighted by molar-refractivity contribution is 6.13. The minimum absolute atomic E-state index is 0.232. The molecule has 1 aliphatic rings. The monoisotopic (exact) mass is 374 g/mol. The number of Topliss-reactive ketones (excluding diaryl/α,β-unsaturated/α-hetero) is 1. The van der Waals surface area contributed by atoms with E-state index < -0.39 is 17.7 Å². The van der Waals surface area contributed by atoms with E-state index in [9.17, 15) is 22.8 Å². The van der Waals surface area contributed by atoms with E-state index in [-0.39, 0.29) is 12.4 Å². The van der Waals surface area contributed by atoms with Crippen LogP contribution >= 0.6 is 0 Å². The topological polar surface area (TPSA) is 43.4 Å². The summed E-state index contributed by atoms with van der Waals surface area (Å²) in [5.41, 5.74) is 1.62. The van der Waals surface area contributed by atoms with Crippen LogP contribution < -0.4 is 0 Å². The Labute approximate surface area is 154 Å². The van der Waals surface area contributed by atoms with Crippen molar-refractivity contribution in [3.05, 3.63) is 75.9 Å². The number of fused-ring (bicyclic) bond motifs is 1. The van der Waals surface area contributed by atoms with Gasteiger partial charge >= 0.3 is 12.1 Å². The van der Waals surface area contributed by atoms with Gasteiger partial charge in [-0.3, -0.25) is 4.79 Å². The maximum atomic E-state index is 12.9. The Morgan fingerprint density at radius 3 is 2.63 bits per heavy atom. The number of benzene rings is 2. The number of carbonyl (C=O) groups is 2. The number of hydrogen-bond acceptors (Lipinski definition) is 3. The number of hydrogen-bond donors (Lipinski definition) is 0. The van der Waals surface area contributed by atoms with Crippen LogP contribution in [0.5, 0.6) is 0 Å². The standard InChI is InChI=1S/C21H17F3O3/c1-2-27-20(26)16-8-9-18-14(12-16)6-7-15(19(18)25)10-13-4-3-5-17(11-13)21(22,23)24/h3-5,8-12H,2,6-7H2,1H3/b15-10-. The second-order valence-corrected chi connectivity index (χ2v) is 6.21. The van der Waals surface area contributed by atoms with Crippen LogP contribution in [0.3, 0.4) is 0 Å². The summed E-state index contributed by atoms with van der Waals surface area (Å²) in [6.07, 6.45) is -2.01. The molecule has 6 heteroatoms. The van der Waals surface area contributed by atoms with Crippen LogP contribution in [0.4, 0.5) is 13.2 Å². The molecule has 0 spiro atoms. The molecule has 0 bridgehead atoms. The number of halogens is 3. The van der Waals surface area contributed by atoms with Crippen LogP contribution in [-0.4, -0.2) is 18.4 Å². The van der Waals surface area contributed by atoms with Crippen LogP contribution in [0, 0.1) is 0 Å². The molecule has 0 unspecified atom stereocenters. The Hall–Kier alpha value is -2.89. The lowest BCUT2D eigenvalue weighted by molar-refractivity contribution is -0.137. The van der Waals surface area contributed by atoms with Gasteiger partial charge in [0.25, 0.3) is 0 Å². The van der Waals surface area contributed by atoms with Gasteiger partial charge in [-0.2, -0.15) is 13.2 Å². The third-order valence-corrected chi connectivity index (χ3v) is 4.37. The van der Waals surface area contributed by atoms with Crippen molar-refractivity contribution in [1.29, 1.82) is 0 Å². The first kappa shape index (κ1) is 18.9. The van der Waals surface area contributed by atoms with Crippen molar-refractivity contribution < 1.29 is 27.5 Å². The van der Waals surface area contributed by atoms with Crippen LogP contribution in [0.15, 0.2) is 48.0 Å². The predicted octanol–water partition coefficient (Wildman–Crippen LogP) is 5.09. The summed E-state index contributed by atoms with van der Waals surface area (Å²) < 4.78 is 43.5. The van der Waals surface area contributed by atoms with Gasteiger partial charge in [0.1, 0.15) is 0 Å². The maximum Gasteiger partial charge on any atom is 0.416 e. The van der Waals surface area contributed by atoms with Gasteiger partial charge in [0.15, 0.2) is 5.78 Å². The molecule has 27 heavy (non-hydrogen) atoms. The van der Waals surface area contributed by atoms with E-state index in [2.05, 4.69) is 0 Å². The van der Waals surface area contributed by atoms with Gasteiger partial charge in [0.05, 0.1) is 17.7 Å². The van der Waals surface area contributed by atoms with Gasteiger partial charge in [-0.25, -0.2) is 4.79 Å². The Kier molecular flexibility index (Phi) is 5.17. The third-order valence-electron chi connectivity index (χ3n) is 4.37. The van der Waals surface area contributed by atoms with Gasteiger partial charge in [-0.1, -0.05) is 12.1 Å². The first-order valence-corrected chi connectivity index (χ1v) is 8.52. The fourth-order valence-electron chi connectivity index (χ4n) is 3.06. The predicted molar refractivity (Wildman–Crippen MR) is 94.5 cm³/mol. The van der Waals surface area contributed by atoms with Crippen LogP contribution in [-0.2, 0) is 17.3 Å². The molecule has 0 heterocycles. The summed E-state index contributed by atoms with van der Waals surface area (Å²) in [5.74, 6) is -0.679. The Bertz CT molecular complexity index is 927. The van der Waals surface area contributed by atoms with Gasteiger partial charge in [0, 0.05) is 11.1 Å². The van der Waals surface area contributed by atoms with Crippen molar-refractivity contribution in [1.82, 2.24) is 0 Å². The average Bonchev–Trinajstić information content (AvgIpc) is 2.63. The van der Waals surface area contributed by atoms with Gasteiger partial charge < -0.3 is 4.74 Å². The van der Waals surface area contributed by atoms with Crippen molar-refractivity contribution in [2.75, 3.05) is 6.61 Å². The molecule has 2 aromatic carbocycles. The summed E-state index contributed by atoms with van der Waals surface area (Å²) in [4.78, 5) is 24.5. The van der Waals surface area contributed by atoms with Crippen LogP contribution in [0.25, 0.3) is 6.08 Å². The highest BCUT2D eigenvalue weighted by Gasteiger charge is 2.30. The minimum atomic E-state index is -4.43. The largest absolute Gasteiger partial charge is 0.462 e. The van der Waals surface area contributed by atoms with E-state index in [0.29, 0.717) is 35.1 Å². The maximum absolute atomic E-state index is 12.9. The molecule has 0 saturated carbocycles. The number of alkyl halides is 3. The molecule has 0 atom stereocenters. The van der Waals surface area contributed by atoms with E-state index >= 15 is 0 Å². The van der Waals surface area contributed by atoms with Crippen LogP contribution in [0.1, 0.15) is 50.8 Å². The van der Waals surface area contributed by atoms with E-state index in [1.165, 1.54) is 24.3 Å². The number of allylic oxidation sites excluding steroid dienone is 1. The second-order valence-electron chi connectivity index (χ2n) is 6.21. The normalized spacial score (nSPS) is 15.6. The summed E-state index contributed by atoms with van der Waals surface area (Å²) in [7, 11) is 0. The minimum Gasteiger partial charge on any atom is -0.462 e. The van der Waals surface area contributed by atoms with E-state index in [0.717, 1.165) is 17.7 Å². The first-order valence-electron chi connectivity index (χ1n) is 8.52. The number of carbonyl (C=O) groups excluding carboxylic acids is 2. The fourth-order valence-corrected chi connectivity index (χ4v) is 3.06. The number of rotatable bonds is 3. The van der Waals surface area contributed by atoms with Gasteiger partial charge in [-0.15, -0.1) is 0 Å². The molecule has 2 aromatic rings. The summed E-state index contributed by atoms with van der Waals surface area (Å²) in [6, 6.07) is 9.63. The average molecular weight is 374 g/mol. The Morgan fingerprint density at radius 1 is 1.15 bits per heavy atom. The van der Waals surface area contributed by atoms with E-state index in [1.54, 1.807) is 19.1 Å². The Morgan fingerprint density at radius 2 is 1.93 bits per heavy atom. The summed E-state index contributed by atoms with van der Waals surface area (Å²) in [5, 5.41) is 0. The highest BCUT2D eigenvalue weighted by atomic mass is 19.4. The summed E-state index contributed by atoms with van der Waals surface area (Å²) in [6.45, 7) is 1.98. The molecule has 0 fully saturated rings. The molecule has 0 saturated heterocycles. The lowest BCUT2D eigenvalue weighted by Gasteiger charge is -2.18. The molecular weight excluding hydrogens is 357 g/mol. The van der Waals surface area contributed by atoms with E-state index in [1.807, 2.05) is 0 Å². The fraction of sp³-hybridized carbons (Fsp3) is 0.238. The zero-order chi connectivity index (χ0) is 19.6. The highest BCUT2D eigenvalue weighted by Crippen LogP contribution is 2.31. The molecule has 3 rings (SSSR count). The molecule has 0 amide bonds. The van der Waals surface area contributed by atoms with Crippen molar-refractivity contribution >= 4 is 17.8 Å².